The number of hydrogen-bond donors (Lipinski definition) is 2. The van der Waals surface area contributed by atoms with E-state index in [9.17, 15) is 13.2 Å². The fourth-order valence-corrected chi connectivity index (χ4v) is 4.55. The maximum atomic E-state index is 12.9. The van der Waals surface area contributed by atoms with E-state index >= 15 is 0 Å². The Balaban J connectivity index is 1.88. The van der Waals surface area contributed by atoms with Gasteiger partial charge in [-0.25, -0.2) is 18.4 Å². The van der Waals surface area contributed by atoms with Crippen LogP contribution in [-0.4, -0.2) is 48.4 Å². The predicted octanol–water partition coefficient (Wildman–Crippen LogP) is 1.56. The lowest BCUT2D eigenvalue weighted by Crippen LogP contribution is -2.55. The normalized spacial score (nSPS) is 16.8. The van der Waals surface area contributed by atoms with Crippen LogP contribution in [-0.2, 0) is 14.6 Å². The van der Waals surface area contributed by atoms with E-state index in [1.807, 2.05) is 13.0 Å². The van der Waals surface area contributed by atoms with Crippen LogP contribution in [0.15, 0.2) is 36.5 Å². The molecular formula is C18H22N4O3S. The van der Waals surface area contributed by atoms with Crippen molar-refractivity contribution < 1.29 is 13.2 Å². The number of hydrogen-bond acceptors (Lipinski definition) is 6. The summed E-state index contributed by atoms with van der Waals surface area (Å²) in [5.74, 6) is 0.181. The number of aryl methyl sites for hydroxylation is 1. The van der Waals surface area contributed by atoms with Gasteiger partial charge in [-0.1, -0.05) is 12.1 Å². The SMILES string of the molecule is Cc1nccc(-c2cccc(NC(=O)C3(S(C)(=O)=O)CCNCC3)c2)n1. The topological polar surface area (TPSA) is 101 Å². The van der Waals surface area contributed by atoms with Crippen LogP contribution in [0.5, 0.6) is 0 Å². The van der Waals surface area contributed by atoms with E-state index in [1.165, 1.54) is 0 Å². The van der Waals surface area contributed by atoms with E-state index in [0.29, 0.717) is 24.6 Å². The Hall–Kier alpha value is -2.32. The maximum Gasteiger partial charge on any atom is 0.245 e. The number of carbonyl (C=O) groups is 1. The largest absolute Gasteiger partial charge is 0.325 e. The molecule has 1 aromatic heterocycles. The zero-order valence-electron chi connectivity index (χ0n) is 14.8. The molecular weight excluding hydrogens is 352 g/mol. The number of piperidine rings is 1. The van der Waals surface area contributed by atoms with Crippen LogP contribution in [0.3, 0.4) is 0 Å². The van der Waals surface area contributed by atoms with Gasteiger partial charge >= 0.3 is 0 Å². The number of sulfone groups is 1. The van der Waals surface area contributed by atoms with Crippen LogP contribution >= 0.6 is 0 Å². The van der Waals surface area contributed by atoms with Crippen molar-refractivity contribution in [3.05, 3.63) is 42.4 Å². The quantitative estimate of drug-likeness (QED) is 0.842. The van der Waals surface area contributed by atoms with Gasteiger partial charge in [0.1, 0.15) is 5.82 Å². The van der Waals surface area contributed by atoms with Crippen molar-refractivity contribution in [2.24, 2.45) is 0 Å². The molecule has 7 nitrogen and oxygen atoms in total. The van der Waals surface area contributed by atoms with Gasteiger partial charge in [-0.15, -0.1) is 0 Å². The summed E-state index contributed by atoms with van der Waals surface area (Å²) >= 11 is 0. The van der Waals surface area contributed by atoms with E-state index in [2.05, 4.69) is 20.6 Å². The number of aromatic nitrogens is 2. The minimum atomic E-state index is -3.55. The Morgan fingerprint density at radius 2 is 1.96 bits per heavy atom. The second-order valence-corrected chi connectivity index (χ2v) is 8.87. The van der Waals surface area contributed by atoms with Crippen molar-refractivity contribution in [2.75, 3.05) is 24.7 Å². The molecule has 3 rings (SSSR count). The number of amides is 1. The fraction of sp³-hybridized carbons (Fsp3) is 0.389. The van der Waals surface area contributed by atoms with Gasteiger partial charge in [0.2, 0.25) is 5.91 Å². The van der Waals surface area contributed by atoms with E-state index in [-0.39, 0.29) is 12.8 Å². The molecule has 2 N–H and O–H groups in total. The molecule has 1 saturated heterocycles. The Morgan fingerprint density at radius 3 is 2.62 bits per heavy atom. The molecule has 2 heterocycles. The molecule has 8 heteroatoms. The van der Waals surface area contributed by atoms with Crippen molar-refractivity contribution in [1.29, 1.82) is 0 Å². The first-order valence-corrected chi connectivity index (χ1v) is 10.3. The fourth-order valence-electron chi connectivity index (χ4n) is 3.22. The van der Waals surface area contributed by atoms with E-state index in [4.69, 9.17) is 0 Å². The number of nitrogens with one attached hydrogen (secondary N) is 2. The van der Waals surface area contributed by atoms with Gasteiger partial charge in [0.15, 0.2) is 14.6 Å². The standard InChI is InChI=1S/C18H22N4O3S/c1-13-20-9-6-16(21-13)14-4-3-5-15(12-14)22-17(23)18(26(2,24)25)7-10-19-11-8-18/h3-6,9,12,19H,7-8,10-11H2,1-2H3,(H,22,23). The second kappa shape index (κ2) is 7.13. The summed E-state index contributed by atoms with van der Waals surface area (Å²) in [4.78, 5) is 21.4. The molecule has 0 spiro atoms. The number of carbonyl (C=O) groups excluding carboxylic acids is 1. The molecule has 0 radical (unpaired) electrons. The average molecular weight is 374 g/mol. The summed E-state index contributed by atoms with van der Waals surface area (Å²) in [6, 6.07) is 9.01. The van der Waals surface area contributed by atoms with E-state index < -0.39 is 20.5 Å². The van der Waals surface area contributed by atoms with E-state index in [0.717, 1.165) is 17.5 Å². The zero-order valence-corrected chi connectivity index (χ0v) is 15.6. The zero-order chi connectivity index (χ0) is 18.8. The Kier molecular flexibility index (Phi) is 5.06. The third kappa shape index (κ3) is 3.61. The Bertz CT molecular complexity index is 922. The summed E-state index contributed by atoms with van der Waals surface area (Å²) in [7, 11) is -3.55. The molecule has 138 valence electrons. The highest BCUT2D eigenvalue weighted by Crippen LogP contribution is 2.30. The third-order valence-electron chi connectivity index (χ3n) is 4.73. The minimum absolute atomic E-state index is 0.266. The molecule has 1 aliphatic rings. The second-order valence-electron chi connectivity index (χ2n) is 6.54. The van der Waals surface area contributed by atoms with Crippen LogP contribution < -0.4 is 10.6 Å². The van der Waals surface area contributed by atoms with Gasteiger partial charge in [0.25, 0.3) is 0 Å². The van der Waals surface area contributed by atoms with Crippen LogP contribution in [0.2, 0.25) is 0 Å². The highest BCUT2D eigenvalue weighted by molar-refractivity contribution is 7.92. The lowest BCUT2D eigenvalue weighted by atomic mass is 9.95. The summed E-state index contributed by atoms with van der Waals surface area (Å²) in [6.07, 6.45) is 3.35. The molecule has 2 aromatic rings. The van der Waals surface area contributed by atoms with E-state index in [1.54, 1.807) is 30.5 Å². The van der Waals surface area contributed by atoms with Crippen LogP contribution in [0.4, 0.5) is 5.69 Å². The van der Waals surface area contributed by atoms with Gasteiger partial charge in [0, 0.05) is 23.7 Å². The summed E-state index contributed by atoms with van der Waals surface area (Å²) in [6.45, 7) is 2.81. The number of nitrogens with zero attached hydrogens (tertiary/aromatic N) is 2. The van der Waals surface area contributed by atoms with Crippen molar-refractivity contribution in [3.8, 4) is 11.3 Å². The van der Waals surface area contributed by atoms with Gasteiger partial charge in [-0.05, 0) is 51.1 Å². The number of anilines is 1. The molecule has 1 aliphatic heterocycles. The first-order valence-electron chi connectivity index (χ1n) is 8.44. The van der Waals surface area contributed by atoms with Gasteiger partial charge in [0.05, 0.1) is 5.69 Å². The van der Waals surface area contributed by atoms with Crippen LogP contribution in [0.25, 0.3) is 11.3 Å². The minimum Gasteiger partial charge on any atom is -0.325 e. The van der Waals surface area contributed by atoms with Crippen molar-refractivity contribution in [2.45, 2.75) is 24.5 Å². The average Bonchev–Trinajstić information content (AvgIpc) is 2.61. The molecule has 1 aromatic carbocycles. The maximum absolute atomic E-state index is 12.9. The first-order chi connectivity index (χ1) is 12.3. The highest BCUT2D eigenvalue weighted by atomic mass is 32.2. The molecule has 26 heavy (non-hydrogen) atoms. The Labute approximate surface area is 153 Å². The lowest BCUT2D eigenvalue weighted by molar-refractivity contribution is -0.119. The predicted molar refractivity (Wildman–Crippen MR) is 101 cm³/mol. The molecule has 0 atom stereocenters. The van der Waals surface area contributed by atoms with Crippen molar-refractivity contribution in [1.82, 2.24) is 15.3 Å². The Morgan fingerprint density at radius 1 is 1.23 bits per heavy atom. The molecule has 1 amide bonds. The summed E-state index contributed by atoms with van der Waals surface area (Å²) < 4.78 is 23.3. The van der Waals surface area contributed by atoms with Crippen molar-refractivity contribution in [3.63, 3.8) is 0 Å². The van der Waals surface area contributed by atoms with Gasteiger partial charge < -0.3 is 10.6 Å². The van der Waals surface area contributed by atoms with Crippen LogP contribution in [0, 0.1) is 6.92 Å². The van der Waals surface area contributed by atoms with Crippen molar-refractivity contribution >= 4 is 21.4 Å². The first kappa shape index (κ1) is 18.5. The molecule has 0 unspecified atom stereocenters. The van der Waals surface area contributed by atoms with Gasteiger partial charge in [-0.2, -0.15) is 0 Å². The molecule has 0 bridgehead atoms. The highest BCUT2D eigenvalue weighted by Gasteiger charge is 2.48. The lowest BCUT2D eigenvalue weighted by Gasteiger charge is -2.34. The smallest absolute Gasteiger partial charge is 0.245 e. The molecule has 1 fully saturated rings. The monoisotopic (exact) mass is 374 g/mol. The van der Waals surface area contributed by atoms with Crippen LogP contribution in [0.1, 0.15) is 18.7 Å². The van der Waals surface area contributed by atoms with Gasteiger partial charge in [-0.3, -0.25) is 4.79 Å². The summed E-state index contributed by atoms with van der Waals surface area (Å²) in [5, 5.41) is 5.90. The summed E-state index contributed by atoms with van der Waals surface area (Å²) in [5.41, 5.74) is 2.12. The molecule has 0 aliphatic carbocycles. The number of benzene rings is 1. The number of rotatable bonds is 4. The molecule has 0 saturated carbocycles. The third-order valence-corrected chi connectivity index (χ3v) is 6.74.